The quantitative estimate of drug-likeness (QED) is 0.611. The predicted molar refractivity (Wildman–Crippen MR) is 96.4 cm³/mol. The second-order valence-electron chi connectivity index (χ2n) is 7.80. The Labute approximate surface area is 142 Å². The zero-order valence-electron chi connectivity index (χ0n) is 15.2. The lowest BCUT2D eigenvalue weighted by Crippen LogP contribution is -2.29. The van der Waals surface area contributed by atoms with Crippen LogP contribution in [-0.4, -0.2) is 10.9 Å². The molecule has 0 bridgehead atoms. The molecule has 1 N–H and O–H groups in total. The molecule has 1 saturated carbocycles. The topological polar surface area (TPSA) is 37.3 Å². The summed E-state index contributed by atoms with van der Waals surface area (Å²) in [5, 5.41) is 9.74. The van der Waals surface area contributed by atoms with E-state index in [1.807, 2.05) is 6.08 Å². The van der Waals surface area contributed by atoms with Gasteiger partial charge in [0, 0.05) is 19.3 Å². The molecule has 0 spiro atoms. The Kier molecular flexibility index (Phi) is 7.65. The summed E-state index contributed by atoms with van der Waals surface area (Å²) in [7, 11) is 0. The van der Waals surface area contributed by atoms with E-state index >= 15 is 0 Å². The normalized spacial score (nSPS) is 29.8. The van der Waals surface area contributed by atoms with Crippen LogP contribution < -0.4 is 0 Å². The van der Waals surface area contributed by atoms with Gasteiger partial charge in [-0.3, -0.25) is 4.79 Å². The van der Waals surface area contributed by atoms with E-state index < -0.39 is 0 Å². The molecule has 0 saturated heterocycles. The summed E-state index contributed by atoms with van der Waals surface area (Å²) < 4.78 is 0. The van der Waals surface area contributed by atoms with E-state index in [2.05, 4.69) is 13.8 Å². The molecule has 4 unspecified atom stereocenters. The van der Waals surface area contributed by atoms with Crippen LogP contribution in [0.15, 0.2) is 11.8 Å². The molecule has 0 radical (unpaired) electrons. The summed E-state index contributed by atoms with van der Waals surface area (Å²) >= 11 is 0. The fraction of sp³-hybridized carbons (Fsp3) is 0.857. The Morgan fingerprint density at radius 3 is 2.22 bits per heavy atom. The maximum Gasteiger partial charge on any atom is 0.132 e. The van der Waals surface area contributed by atoms with Crippen LogP contribution in [0.3, 0.4) is 0 Å². The van der Waals surface area contributed by atoms with Gasteiger partial charge >= 0.3 is 0 Å². The zero-order chi connectivity index (χ0) is 16.7. The van der Waals surface area contributed by atoms with Gasteiger partial charge in [0.05, 0.1) is 5.76 Å². The highest BCUT2D eigenvalue weighted by atomic mass is 16.3. The van der Waals surface area contributed by atoms with E-state index in [0.29, 0.717) is 11.5 Å². The number of Topliss-reactive ketones (excluding diaryl/α,β-unsaturated/α-hetero) is 1. The van der Waals surface area contributed by atoms with Crippen molar-refractivity contribution in [3.05, 3.63) is 11.8 Å². The van der Waals surface area contributed by atoms with Crippen LogP contribution in [0.25, 0.3) is 0 Å². The Balaban J connectivity index is 2.04. The smallest absolute Gasteiger partial charge is 0.132 e. The Hall–Kier alpha value is -0.790. The average Bonchev–Trinajstić information content (AvgIpc) is 2.73. The Morgan fingerprint density at radius 1 is 0.957 bits per heavy atom. The molecule has 0 heterocycles. The summed E-state index contributed by atoms with van der Waals surface area (Å²) in [6, 6.07) is 0. The van der Waals surface area contributed by atoms with Gasteiger partial charge in [0.25, 0.3) is 0 Å². The van der Waals surface area contributed by atoms with Crippen molar-refractivity contribution in [3.63, 3.8) is 0 Å². The van der Waals surface area contributed by atoms with Crippen LogP contribution in [-0.2, 0) is 4.79 Å². The number of carbonyl (C=O) groups is 1. The molecule has 132 valence electrons. The van der Waals surface area contributed by atoms with Crippen LogP contribution in [0.4, 0.5) is 0 Å². The number of ketones is 1. The van der Waals surface area contributed by atoms with Crippen LogP contribution in [0, 0.1) is 23.7 Å². The lowest BCUT2D eigenvalue weighted by molar-refractivity contribution is -0.119. The van der Waals surface area contributed by atoms with E-state index in [1.165, 1.54) is 32.1 Å². The second-order valence-corrected chi connectivity index (χ2v) is 7.80. The highest BCUT2D eigenvalue weighted by Crippen LogP contribution is 2.42. The maximum absolute atomic E-state index is 11.8. The number of aliphatic hydroxyl groups is 1. The monoisotopic (exact) mass is 320 g/mol. The molecular weight excluding hydrogens is 284 g/mol. The van der Waals surface area contributed by atoms with E-state index in [9.17, 15) is 9.90 Å². The van der Waals surface area contributed by atoms with Gasteiger partial charge in [0.1, 0.15) is 5.78 Å². The molecule has 2 nitrogen and oxygen atoms in total. The van der Waals surface area contributed by atoms with Crippen molar-refractivity contribution in [3.8, 4) is 0 Å². The summed E-state index contributed by atoms with van der Waals surface area (Å²) in [6.45, 7) is 4.72. The Bertz CT molecular complexity index is 399. The Morgan fingerprint density at radius 2 is 1.57 bits per heavy atom. The van der Waals surface area contributed by atoms with Gasteiger partial charge in [-0.25, -0.2) is 0 Å². The minimum Gasteiger partial charge on any atom is -0.513 e. The number of carbonyl (C=O) groups excluding carboxylic acids is 1. The lowest BCUT2D eigenvalue weighted by atomic mass is 9.67. The standard InChI is InChI=1S/C21H36O2/c1-3-20(16-8-5-11-18(22)12-6-9-16)21(4-2)17-10-7-13-19(23)15-14-17/h11,16-17,20-22H,3-10,12-15H2,1-2H3. The fourth-order valence-corrected chi connectivity index (χ4v) is 5.26. The van der Waals surface area contributed by atoms with Crippen LogP contribution >= 0.6 is 0 Å². The zero-order valence-corrected chi connectivity index (χ0v) is 15.2. The predicted octanol–water partition coefficient (Wildman–Crippen LogP) is 6.21. The minimum absolute atomic E-state index is 0.488. The third-order valence-corrected chi connectivity index (χ3v) is 6.45. The molecule has 0 amide bonds. The molecule has 2 heteroatoms. The van der Waals surface area contributed by atoms with Gasteiger partial charge in [0.15, 0.2) is 0 Å². The average molecular weight is 321 g/mol. The first-order chi connectivity index (χ1) is 11.2. The van der Waals surface area contributed by atoms with Crippen molar-refractivity contribution in [1.82, 2.24) is 0 Å². The lowest BCUT2D eigenvalue weighted by Gasteiger charge is -2.38. The summed E-state index contributed by atoms with van der Waals surface area (Å²) in [5.74, 6) is 4.23. The highest BCUT2D eigenvalue weighted by molar-refractivity contribution is 5.78. The van der Waals surface area contributed by atoms with E-state index in [0.717, 1.165) is 68.6 Å². The molecule has 1 fully saturated rings. The summed E-state index contributed by atoms with van der Waals surface area (Å²) in [6.07, 6.45) is 15.2. The molecule has 0 aliphatic heterocycles. The van der Waals surface area contributed by atoms with Crippen LogP contribution in [0.2, 0.25) is 0 Å². The van der Waals surface area contributed by atoms with Gasteiger partial charge in [-0.2, -0.15) is 0 Å². The summed E-state index contributed by atoms with van der Waals surface area (Å²) in [5.41, 5.74) is 0. The second kappa shape index (κ2) is 9.49. The van der Waals surface area contributed by atoms with Gasteiger partial charge in [-0.15, -0.1) is 0 Å². The van der Waals surface area contributed by atoms with E-state index in [-0.39, 0.29) is 0 Å². The molecule has 23 heavy (non-hydrogen) atoms. The van der Waals surface area contributed by atoms with E-state index in [1.54, 1.807) is 0 Å². The maximum atomic E-state index is 11.8. The number of hydrogen-bond acceptors (Lipinski definition) is 2. The van der Waals surface area contributed by atoms with Crippen molar-refractivity contribution < 1.29 is 9.90 Å². The first-order valence-corrected chi connectivity index (χ1v) is 10.0. The molecule has 0 aromatic carbocycles. The molecule has 2 aliphatic rings. The van der Waals surface area contributed by atoms with Gasteiger partial charge in [-0.05, 0) is 74.7 Å². The van der Waals surface area contributed by atoms with Crippen molar-refractivity contribution in [2.24, 2.45) is 23.7 Å². The van der Waals surface area contributed by atoms with Gasteiger partial charge in [0.2, 0.25) is 0 Å². The SMILES string of the molecule is CCC(C1CCC=C(O)CCC1)C(CC)C1CCCC(=O)CC1. The number of rotatable bonds is 5. The molecule has 2 rings (SSSR count). The molecule has 0 aromatic heterocycles. The largest absolute Gasteiger partial charge is 0.513 e. The number of hydrogen-bond donors (Lipinski definition) is 1. The molecular formula is C21H36O2. The fourth-order valence-electron chi connectivity index (χ4n) is 5.26. The minimum atomic E-state index is 0.488. The molecule has 0 aromatic rings. The van der Waals surface area contributed by atoms with Crippen molar-refractivity contribution in [2.75, 3.05) is 0 Å². The van der Waals surface area contributed by atoms with Crippen LogP contribution in [0.1, 0.15) is 90.9 Å². The third kappa shape index (κ3) is 5.36. The highest BCUT2D eigenvalue weighted by Gasteiger charge is 2.33. The number of allylic oxidation sites excluding steroid dienone is 2. The molecule has 4 atom stereocenters. The first-order valence-electron chi connectivity index (χ1n) is 10.0. The van der Waals surface area contributed by atoms with E-state index in [4.69, 9.17) is 0 Å². The number of aliphatic hydroxyl groups excluding tert-OH is 1. The third-order valence-electron chi connectivity index (χ3n) is 6.45. The molecule has 2 aliphatic carbocycles. The van der Waals surface area contributed by atoms with Crippen molar-refractivity contribution in [1.29, 1.82) is 0 Å². The first kappa shape index (κ1) is 18.5. The van der Waals surface area contributed by atoms with Crippen LogP contribution in [0.5, 0.6) is 0 Å². The summed E-state index contributed by atoms with van der Waals surface area (Å²) in [4.78, 5) is 11.8. The van der Waals surface area contributed by atoms with Gasteiger partial charge in [-0.1, -0.05) is 26.7 Å². The van der Waals surface area contributed by atoms with Gasteiger partial charge < -0.3 is 5.11 Å². The van der Waals surface area contributed by atoms with Crippen molar-refractivity contribution >= 4 is 5.78 Å². The van der Waals surface area contributed by atoms with Crippen molar-refractivity contribution in [2.45, 2.75) is 90.9 Å².